The lowest BCUT2D eigenvalue weighted by atomic mass is 9.93. The van der Waals surface area contributed by atoms with Crippen molar-refractivity contribution < 1.29 is 14.3 Å². The number of nitrogens with one attached hydrogen (secondary N) is 2. The van der Waals surface area contributed by atoms with Gasteiger partial charge < -0.3 is 14.5 Å². The maximum absolute atomic E-state index is 11.9. The molecule has 1 aromatic carbocycles. The van der Waals surface area contributed by atoms with E-state index in [2.05, 4.69) is 23.3 Å². The van der Waals surface area contributed by atoms with Crippen molar-refractivity contribution in [1.29, 1.82) is 0 Å². The number of carbonyl (C=O) groups is 1. The second-order valence-electron chi connectivity index (χ2n) is 5.34. The topological polar surface area (TPSA) is 63.3 Å². The van der Waals surface area contributed by atoms with Crippen molar-refractivity contribution in [2.24, 2.45) is 0 Å². The molecule has 2 N–H and O–H groups in total. The number of esters is 1. The largest absolute Gasteiger partial charge is 0.497 e. The average molecular weight is 288 g/mol. The number of hydrogen-bond donors (Lipinski definition) is 2. The Balaban J connectivity index is 2.09. The molecule has 1 aromatic heterocycles. The van der Waals surface area contributed by atoms with Gasteiger partial charge in [-0.25, -0.2) is 0 Å². The van der Waals surface area contributed by atoms with Gasteiger partial charge in [-0.2, -0.15) is 0 Å². The van der Waals surface area contributed by atoms with Crippen LogP contribution in [-0.4, -0.2) is 31.2 Å². The van der Waals surface area contributed by atoms with Gasteiger partial charge in [0.1, 0.15) is 11.8 Å². The monoisotopic (exact) mass is 288 g/mol. The summed E-state index contributed by atoms with van der Waals surface area (Å²) in [5, 5.41) is 4.51. The van der Waals surface area contributed by atoms with Crippen molar-refractivity contribution in [3.63, 3.8) is 0 Å². The van der Waals surface area contributed by atoms with Crippen molar-refractivity contribution >= 4 is 16.9 Å². The number of carbonyl (C=O) groups excluding carboxylic acids is 1. The van der Waals surface area contributed by atoms with Crippen molar-refractivity contribution in [3.05, 3.63) is 29.5 Å². The van der Waals surface area contributed by atoms with Crippen molar-refractivity contribution in [3.8, 4) is 5.75 Å². The Labute approximate surface area is 123 Å². The number of aromatic nitrogens is 1. The Morgan fingerprint density at radius 3 is 2.86 bits per heavy atom. The van der Waals surface area contributed by atoms with Crippen LogP contribution < -0.4 is 10.1 Å². The molecule has 1 aliphatic heterocycles. The van der Waals surface area contributed by atoms with Gasteiger partial charge in [-0.1, -0.05) is 6.92 Å². The summed E-state index contributed by atoms with van der Waals surface area (Å²) in [6, 6.07) is 5.85. The van der Waals surface area contributed by atoms with Crippen LogP contribution in [0.15, 0.2) is 18.2 Å². The van der Waals surface area contributed by atoms with Gasteiger partial charge in [-0.05, 0) is 24.1 Å². The van der Waals surface area contributed by atoms with Crippen LogP contribution >= 0.6 is 0 Å². The highest BCUT2D eigenvalue weighted by Crippen LogP contribution is 2.34. The van der Waals surface area contributed by atoms with Crippen LogP contribution in [0, 0.1) is 0 Å². The second-order valence-corrected chi connectivity index (χ2v) is 5.34. The van der Waals surface area contributed by atoms with E-state index in [1.54, 1.807) is 7.11 Å². The van der Waals surface area contributed by atoms with Gasteiger partial charge in [0.25, 0.3) is 0 Å². The molecule has 21 heavy (non-hydrogen) atoms. The first kappa shape index (κ1) is 13.9. The standard InChI is InChI=1S/C16H20N2O3/c1-4-12-15-11(8-14(17-12)16(19)21-3)10-6-5-9(20-2)7-13(10)18-15/h5-7,12,14,17-18H,4,8H2,1-3H3. The minimum absolute atomic E-state index is 0.135. The van der Waals surface area contributed by atoms with Crippen molar-refractivity contribution in [2.75, 3.05) is 14.2 Å². The van der Waals surface area contributed by atoms with Crippen molar-refractivity contribution in [2.45, 2.75) is 31.8 Å². The predicted molar refractivity (Wildman–Crippen MR) is 80.5 cm³/mol. The number of fused-ring (bicyclic) bond motifs is 3. The van der Waals surface area contributed by atoms with E-state index in [9.17, 15) is 4.79 Å². The molecule has 2 unspecified atom stereocenters. The van der Waals surface area contributed by atoms with Crippen LogP contribution in [0.4, 0.5) is 0 Å². The lowest BCUT2D eigenvalue weighted by Gasteiger charge is -2.29. The van der Waals surface area contributed by atoms with Crippen LogP contribution in [-0.2, 0) is 16.0 Å². The van der Waals surface area contributed by atoms with Gasteiger partial charge in [0.15, 0.2) is 0 Å². The zero-order valence-electron chi connectivity index (χ0n) is 12.5. The van der Waals surface area contributed by atoms with E-state index in [-0.39, 0.29) is 18.1 Å². The Bertz CT molecular complexity index is 677. The third-order valence-corrected chi connectivity index (χ3v) is 4.20. The van der Waals surface area contributed by atoms with Crippen LogP contribution in [0.25, 0.3) is 10.9 Å². The fraction of sp³-hybridized carbons (Fsp3) is 0.438. The van der Waals surface area contributed by atoms with E-state index >= 15 is 0 Å². The molecule has 0 radical (unpaired) electrons. The molecule has 0 saturated carbocycles. The predicted octanol–water partition coefficient (Wildman–Crippen LogP) is 2.31. The highest BCUT2D eigenvalue weighted by atomic mass is 16.5. The van der Waals surface area contributed by atoms with Crippen LogP contribution in [0.3, 0.4) is 0 Å². The molecule has 5 nitrogen and oxygen atoms in total. The first-order chi connectivity index (χ1) is 10.2. The number of methoxy groups -OCH3 is 2. The molecule has 3 rings (SSSR count). The molecule has 2 atom stereocenters. The quantitative estimate of drug-likeness (QED) is 0.851. The number of aromatic amines is 1. The molecular weight excluding hydrogens is 268 g/mol. The Hall–Kier alpha value is -2.01. The van der Waals surface area contributed by atoms with Crippen molar-refractivity contribution in [1.82, 2.24) is 10.3 Å². The molecule has 0 spiro atoms. The molecular formula is C16H20N2O3. The molecule has 0 fully saturated rings. The van der Waals surface area contributed by atoms with E-state index < -0.39 is 0 Å². The third-order valence-electron chi connectivity index (χ3n) is 4.20. The Morgan fingerprint density at radius 2 is 2.19 bits per heavy atom. The minimum Gasteiger partial charge on any atom is -0.497 e. The minimum atomic E-state index is -0.284. The number of hydrogen-bond acceptors (Lipinski definition) is 4. The highest BCUT2D eigenvalue weighted by molar-refractivity contribution is 5.88. The normalized spacial score (nSPS) is 21.1. The maximum atomic E-state index is 11.9. The summed E-state index contributed by atoms with van der Waals surface area (Å²) in [7, 11) is 3.09. The smallest absolute Gasteiger partial charge is 0.323 e. The van der Waals surface area contributed by atoms with Crippen LogP contribution in [0.1, 0.15) is 30.6 Å². The van der Waals surface area contributed by atoms with E-state index in [1.807, 2.05) is 12.1 Å². The Kier molecular flexibility index (Phi) is 3.59. The zero-order chi connectivity index (χ0) is 15.0. The molecule has 2 aromatic rings. The average Bonchev–Trinajstić information content (AvgIpc) is 2.90. The molecule has 0 amide bonds. The van der Waals surface area contributed by atoms with Gasteiger partial charge in [-0.15, -0.1) is 0 Å². The molecule has 5 heteroatoms. The zero-order valence-corrected chi connectivity index (χ0v) is 12.5. The molecule has 1 aliphatic rings. The van der Waals surface area contributed by atoms with Crippen LogP contribution in [0.5, 0.6) is 5.75 Å². The summed E-state index contributed by atoms with van der Waals surface area (Å²) < 4.78 is 10.2. The number of benzene rings is 1. The number of ether oxygens (including phenoxy) is 2. The second kappa shape index (κ2) is 5.41. The third kappa shape index (κ3) is 2.27. The van der Waals surface area contributed by atoms with E-state index in [1.165, 1.54) is 18.4 Å². The van der Waals surface area contributed by atoms with Gasteiger partial charge in [-0.3, -0.25) is 10.1 Å². The van der Waals surface area contributed by atoms with Crippen LogP contribution in [0.2, 0.25) is 0 Å². The lowest BCUT2D eigenvalue weighted by Crippen LogP contribution is -2.45. The fourth-order valence-electron chi connectivity index (χ4n) is 3.10. The summed E-state index contributed by atoms with van der Waals surface area (Å²) in [6.07, 6.45) is 1.55. The number of rotatable bonds is 3. The molecule has 0 bridgehead atoms. The van der Waals surface area contributed by atoms with Gasteiger partial charge in [0.05, 0.1) is 14.2 Å². The Morgan fingerprint density at radius 1 is 1.38 bits per heavy atom. The molecule has 2 heterocycles. The summed E-state index contributed by atoms with van der Waals surface area (Å²) in [5.74, 6) is 0.619. The van der Waals surface area contributed by atoms with E-state index in [0.717, 1.165) is 23.1 Å². The molecule has 112 valence electrons. The maximum Gasteiger partial charge on any atom is 0.323 e. The summed E-state index contributed by atoms with van der Waals surface area (Å²) in [6.45, 7) is 2.10. The molecule has 0 saturated heterocycles. The first-order valence-corrected chi connectivity index (χ1v) is 7.20. The molecule has 0 aliphatic carbocycles. The summed E-state index contributed by atoms with van der Waals surface area (Å²) in [4.78, 5) is 15.4. The van der Waals surface area contributed by atoms with Gasteiger partial charge in [0, 0.05) is 35.1 Å². The number of H-pyrrole nitrogens is 1. The first-order valence-electron chi connectivity index (χ1n) is 7.20. The van der Waals surface area contributed by atoms with E-state index in [4.69, 9.17) is 9.47 Å². The lowest BCUT2D eigenvalue weighted by molar-refractivity contribution is -0.143. The SMILES string of the molecule is CCC1NC(C(=O)OC)Cc2c1[nH]c1cc(OC)ccc21. The summed E-state index contributed by atoms with van der Waals surface area (Å²) in [5.41, 5.74) is 3.42. The highest BCUT2D eigenvalue weighted by Gasteiger charge is 2.32. The van der Waals surface area contributed by atoms with Gasteiger partial charge in [0.2, 0.25) is 0 Å². The van der Waals surface area contributed by atoms with Gasteiger partial charge >= 0.3 is 5.97 Å². The van der Waals surface area contributed by atoms with E-state index in [0.29, 0.717) is 6.42 Å². The fourth-order valence-corrected chi connectivity index (χ4v) is 3.10. The summed E-state index contributed by atoms with van der Waals surface area (Å²) >= 11 is 0.